The van der Waals surface area contributed by atoms with Gasteiger partial charge in [0.2, 0.25) is 0 Å². The van der Waals surface area contributed by atoms with E-state index in [0.29, 0.717) is 23.4 Å². The second kappa shape index (κ2) is 7.14. The standard InChI is InChI=1S/C18H18N4O3S/c1-22(15-7-9-26(24,25)12-15)18(23)17-10-14(6-8-20-17)21-16-5-3-2-4-13(16)11-19/h2-6,8,10,15H,7,9,12H2,1H3,(H,20,21). The molecule has 134 valence electrons. The molecule has 0 saturated carbocycles. The van der Waals surface area contributed by atoms with Crippen LogP contribution in [0.5, 0.6) is 0 Å². The highest BCUT2D eigenvalue weighted by Gasteiger charge is 2.33. The number of hydrogen-bond donors (Lipinski definition) is 1. The van der Waals surface area contributed by atoms with E-state index in [0.717, 1.165) is 0 Å². The van der Waals surface area contributed by atoms with Crippen molar-refractivity contribution >= 4 is 27.1 Å². The summed E-state index contributed by atoms with van der Waals surface area (Å²) >= 11 is 0. The Balaban J connectivity index is 1.79. The molecule has 1 aromatic heterocycles. The molecule has 0 bridgehead atoms. The minimum absolute atomic E-state index is 0.0112. The number of para-hydroxylation sites is 1. The first-order valence-electron chi connectivity index (χ1n) is 8.09. The number of amides is 1. The predicted octanol–water partition coefficient (Wildman–Crippen LogP) is 1.96. The van der Waals surface area contributed by atoms with Crippen LogP contribution in [0.4, 0.5) is 11.4 Å². The van der Waals surface area contributed by atoms with Gasteiger partial charge in [0.05, 0.1) is 22.8 Å². The summed E-state index contributed by atoms with van der Waals surface area (Å²) in [5.41, 5.74) is 1.97. The number of hydrogen-bond acceptors (Lipinski definition) is 6. The number of benzene rings is 1. The molecule has 1 saturated heterocycles. The van der Waals surface area contributed by atoms with E-state index in [-0.39, 0.29) is 29.1 Å². The molecular weight excluding hydrogens is 352 g/mol. The maximum atomic E-state index is 12.7. The van der Waals surface area contributed by atoms with Gasteiger partial charge in [-0.2, -0.15) is 5.26 Å². The smallest absolute Gasteiger partial charge is 0.272 e. The average Bonchev–Trinajstić information content (AvgIpc) is 3.01. The number of pyridine rings is 1. The Morgan fingerprint density at radius 1 is 1.35 bits per heavy atom. The highest BCUT2D eigenvalue weighted by molar-refractivity contribution is 7.91. The number of sulfone groups is 1. The maximum Gasteiger partial charge on any atom is 0.272 e. The molecule has 2 aromatic rings. The zero-order chi connectivity index (χ0) is 18.7. The van der Waals surface area contributed by atoms with Crippen molar-refractivity contribution in [1.29, 1.82) is 5.26 Å². The van der Waals surface area contributed by atoms with Crippen LogP contribution in [0.2, 0.25) is 0 Å². The zero-order valence-electron chi connectivity index (χ0n) is 14.2. The molecule has 8 heteroatoms. The summed E-state index contributed by atoms with van der Waals surface area (Å²) in [6.07, 6.45) is 1.95. The minimum Gasteiger partial charge on any atom is -0.354 e. The fraction of sp³-hybridized carbons (Fsp3) is 0.278. The first-order valence-corrected chi connectivity index (χ1v) is 9.91. The van der Waals surface area contributed by atoms with Crippen molar-refractivity contribution in [3.8, 4) is 6.07 Å². The van der Waals surface area contributed by atoms with E-state index in [9.17, 15) is 13.2 Å². The minimum atomic E-state index is -3.07. The summed E-state index contributed by atoms with van der Waals surface area (Å²) in [5.74, 6) is -0.234. The molecule has 3 rings (SSSR count). The van der Waals surface area contributed by atoms with Crippen molar-refractivity contribution in [1.82, 2.24) is 9.88 Å². The van der Waals surface area contributed by atoms with E-state index in [1.165, 1.54) is 11.1 Å². The van der Waals surface area contributed by atoms with Crippen molar-refractivity contribution in [3.05, 3.63) is 53.9 Å². The van der Waals surface area contributed by atoms with E-state index < -0.39 is 9.84 Å². The summed E-state index contributed by atoms with van der Waals surface area (Å²) < 4.78 is 23.3. The van der Waals surface area contributed by atoms with Crippen molar-refractivity contribution in [2.24, 2.45) is 0 Å². The molecule has 7 nitrogen and oxygen atoms in total. The fourth-order valence-corrected chi connectivity index (χ4v) is 4.67. The van der Waals surface area contributed by atoms with Gasteiger partial charge in [0.25, 0.3) is 5.91 Å². The van der Waals surface area contributed by atoms with Crippen molar-refractivity contribution in [3.63, 3.8) is 0 Å². The molecule has 1 aliphatic heterocycles. The highest BCUT2D eigenvalue weighted by Crippen LogP contribution is 2.22. The first kappa shape index (κ1) is 17.9. The SMILES string of the molecule is CN(C(=O)c1cc(Nc2ccccc2C#N)ccn1)C1CCS(=O)(=O)C1. The van der Waals surface area contributed by atoms with Gasteiger partial charge in [-0.15, -0.1) is 0 Å². The van der Waals surface area contributed by atoms with Crippen LogP contribution >= 0.6 is 0 Å². The Morgan fingerprint density at radius 3 is 2.81 bits per heavy atom. The van der Waals surface area contributed by atoms with Gasteiger partial charge in [-0.05, 0) is 30.7 Å². The van der Waals surface area contributed by atoms with Crippen LogP contribution in [0, 0.1) is 11.3 Å². The molecule has 1 N–H and O–H groups in total. The number of aromatic nitrogens is 1. The topological polar surface area (TPSA) is 103 Å². The van der Waals surface area contributed by atoms with Gasteiger partial charge < -0.3 is 10.2 Å². The Hall–Kier alpha value is -2.92. The van der Waals surface area contributed by atoms with Gasteiger partial charge in [0, 0.05) is 25.0 Å². The number of nitrogens with zero attached hydrogens (tertiary/aromatic N) is 3. The Morgan fingerprint density at radius 2 is 2.12 bits per heavy atom. The molecule has 1 atom stereocenters. The molecule has 0 spiro atoms. The number of anilines is 2. The normalized spacial score (nSPS) is 18.1. The number of rotatable bonds is 4. The zero-order valence-corrected chi connectivity index (χ0v) is 15.0. The summed E-state index contributed by atoms with van der Waals surface area (Å²) in [6.45, 7) is 0. The van der Waals surface area contributed by atoms with E-state index in [4.69, 9.17) is 5.26 Å². The molecule has 26 heavy (non-hydrogen) atoms. The lowest BCUT2D eigenvalue weighted by Gasteiger charge is -2.23. The van der Waals surface area contributed by atoms with E-state index in [1.807, 2.05) is 6.07 Å². The monoisotopic (exact) mass is 370 g/mol. The lowest BCUT2D eigenvalue weighted by molar-refractivity contribution is 0.0742. The Labute approximate surface area is 152 Å². The lowest BCUT2D eigenvalue weighted by Crippen LogP contribution is -2.38. The van der Waals surface area contributed by atoms with Gasteiger partial charge in [-0.1, -0.05) is 12.1 Å². The Kier molecular flexibility index (Phi) is 4.91. The largest absolute Gasteiger partial charge is 0.354 e. The van der Waals surface area contributed by atoms with Gasteiger partial charge in [0.1, 0.15) is 11.8 Å². The predicted molar refractivity (Wildman–Crippen MR) is 97.8 cm³/mol. The van der Waals surface area contributed by atoms with Crippen LogP contribution in [0.25, 0.3) is 0 Å². The lowest BCUT2D eigenvalue weighted by atomic mass is 10.2. The number of carbonyl (C=O) groups excluding carboxylic acids is 1. The van der Waals surface area contributed by atoms with E-state index >= 15 is 0 Å². The van der Waals surface area contributed by atoms with Crippen LogP contribution < -0.4 is 5.32 Å². The van der Waals surface area contributed by atoms with Crippen molar-refractivity contribution in [2.45, 2.75) is 12.5 Å². The molecule has 0 aliphatic carbocycles. The third-order valence-electron chi connectivity index (χ3n) is 4.38. The molecule has 1 fully saturated rings. The summed E-state index contributed by atoms with van der Waals surface area (Å²) in [5, 5.41) is 12.3. The summed E-state index contributed by atoms with van der Waals surface area (Å²) in [4.78, 5) is 18.2. The van der Waals surface area contributed by atoms with Crippen LogP contribution in [0.3, 0.4) is 0 Å². The second-order valence-corrected chi connectivity index (χ2v) is 8.41. The van der Waals surface area contributed by atoms with Crippen molar-refractivity contribution in [2.75, 3.05) is 23.9 Å². The third kappa shape index (κ3) is 3.83. The molecule has 1 aliphatic rings. The molecule has 1 unspecified atom stereocenters. The highest BCUT2D eigenvalue weighted by atomic mass is 32.2. The Bertz CT molecular complexity index is 982. The van der Waals surface area contributed by atoms with Crippen LogP contribution in [0.15, 0.2) is 42.6 Å². The number of nitrogens with one attached hydrogen (secondary N) is 1. The van der Waals surface area contributed by atoms with Crippen molar-refractivity contribution < 1.29 is 13.2 Å². The molecular formula is C18H18N4O3S. The number of nitriles is 1. The molecule has 1 amide bonds. The quantitative estimate of drug-likeness (QED) is 0.882. The van der Waals surface area contributed by atoms with Crippen LogP contribution in [-0.4, -0.2) is 48.8 Å². The second-order valence-electron chi connectivity index (χ2n) is 6.19. The van der Waals surface area contributed by atoms with E-state index in [1.54, 1.807) is 37.4 Å². The van der Waals surface area contributed by atoms with Gasteiger partial charge in [-0.3, -0.25) is 9.78 Å². The third-order valence-corrected chi connectivity index (χ3v) is 6.13. The molecule has 0 radical (unpaired) electrons. The fourth-order valence-electron chi connectivity index (χ4n) is 2.90. The number of carbonyl (C=O) groups is 1. The molecule has 1 aromatic carbocycles. The average molecular weight is 370 g/mol. The van der Waals surface area contributed by atoms with Gasteiger partial charge >= 0.3 is 0 Å². The van der Waals surface area contributed by atoms with E-state index in [2.05, 4.69) is 16.4 Å². The molecule has 2 heterocycles. The van der Waals surface area contributed by atoms with Crippen LogP contribution in [-0.2, 0) is 9.84 Å². The summed E-state index contributed by atoms with van der Waals surface area (Å²) in [7, 11) is -1.47. The van der Waals surface area contributed by atoms with Gasteiger partial charge in [-0.25, -0.2) is 8.42 Å². The van der Waals surface area contributed by atoms with Gasteiger partial charge in [0.15, 0.2) is 9.84 Å². The first-order chi connectivity index (χ1) is 12.4. The van der Waals surface area contributed by atoms with Crippen LogP contribution in [0.1, 0.15) is 22.5 Å². The maximum absolute atomic E-state index is 12.7. The summed E-state index contributed by atoms with van der Waals surface area (Å²) in [6, 6.07) is 12.1.